The third kappa shape index (κ3) is 3.11. The van der Waals surface area contributed by atoms with Crippen molar-refractivity contribution >= 4 is 33.9 Å². The van der Waals surface area contributed by atoms with Crippen LogP contribution in [-0.4, -0.2) is 59.9 Å². The Morgan fingerprint density at radius 2 is 2.06 bits per heavy atom. The lowest BCUT2D eigenvalue weighted by atomic mass is 9.60. The van der Waals surface area contributed by atoms with Crippen LogP contribution in [0.2, 0.25) is 0 Å². The number of amides is 1. The summed E-state index contributed by atoms with van der Waals surface area (Å²) in [5, 5.41) is 12.7. The lowest BCUT2D eigenvalue weighted by Crippen LogP contribution is -2.52. The Morgan fingerprint density at radius 3 is 2.84 bits per heavy atom. The molecule has 6 rings (SSSR count). The zero-order valence-electron chi connectivity index (χ0n) is 18.3. The molecule has 1 spiro atoms. The average molecular weight is 431 g/mol. The highest BCUT2D eigenvalue weighted by Gasteiger charge is 2.46. The van der Waals surface area contributed by atoms with Gasteiger partial charge >= 0.3 is 0 Å². The molecule has 0 radical (unpaired) electrons. The minimum Gasteiger partial charge on any atom is -0.351 e. The summed E-state index contributed by atoms with van der Waals surface area (Å²) in [6.07, 6.45) is 8.31. The molecule has 2 aliphatic rings. The summed E-state index contributed by atoms with van der Waals surface area (Å²) in [6.45, 7) is 3.43. The molecule has 0 bridgehead atoms. The maximum atomic E-state index is 11.6. The van der Waals surface area contributed by atoms with Crippen molar-refractivity contribution < 1.29 is 4.79 Å². The molecule has 1 saturated carbocycles. The van der Waals surface area contributed by atoms with E-state index < -0.39 is 0 Å². The second-order valence-electron chi connectivity index (χ2n) is 9.33. The number of benzene rings is 1. The third-order valence-corrected chi connectivity index (χ3v) is 7.32. The molecule has 164 valence electrons. The summed E-state index contributed by atoms with van der Waals surface area (Å²) in [5.41, 5.74) is 5.22. The molecule has 9 heteroatoms. The van der Waals surface area contributed by atoms with Gasteiger partial charge in [0.25, 0.3) is 0 Å². The van der Waals surface area contributed by atoms with E-state index in [1.807, 2.05) is 30.4 Å². The fourth-order valence-corrected chi connectivity index (χ4v) is 5.39. The van der Waals surface area contributed by atoms with Crippen molar-refractivity contribution in [3.63, 3.8) is 0 Å². The molecule has 2 fully saturated rings. The predicted octanol–water partition coefficient (Wildman–Crippen LogP) is 3.11. The number of aryl methyl sites for hydroxylation is 1. The molecule has 3 aromatic heterocycles. The van der Waals surface area contributed by atoms with Gasteiger partial charge in [0, 0.05) is 56.4 Å². The van der Waals surface area contributed by atoms with Gasteiger partial charge in [-0.05, 0) is 48.8 Å². The minimum atomic E-state index is 0.192. The number of carbonyl (C=O) groups excluding carboxylic acids is 1. The Bertz CT molecular complexity index is 1320. The molecule has 4 aromatic rings. The zero-order valence-corrected chi connectivity index (χ0v) is 18.3. The number of anilines is 1. The van der Waals surface area contributed by atoms with Crippen LogP contribution in [-0.2, 0) is 11.8 Å². The van der Waals surface area contributed by atoms with Gasteiger partial charge in [-0.3, -0.25) is 4.79 Å². The first-order valence-electron chi connectivity index (χ1n) is 11.2. The lowest BCUT2D eigenvalue weighted by Gasteiger charge is -2.52. The van der Waals surface area contributed by atoms with Gasteiger partial charge in [0.15, 0.2) is 0 Å². The van der Waals surface area contributed by atoms with Crippen LogP contribution in [0.3, 0.4) is 0 Å². The molecule has 4 heterocycles. The lowest BCUT2D eigenvalue weighted by molar-refractivity contribution is -0.132. The SMILES string of the molecule is CC(=O)N1CCC2(CC1)CC(Nc1ncc3c(-c4ccc5nnn(C)c5c4)c[nH]c3n1)C2. The number of aromatic amines is 1. The standard InChI is InChI=1S/C23H26N8O/c1-14(32)31-7-5-23(6-8-31)10-16(11-23)26-22-25-13-18-17(12-24-21(18)27-22)15-3-4-19-20(9-15)30(2)29-28-19/h3-4,9,12-13,16H,5-8,10-11H2,1-2H3,(H2,24,25,26,27). The molecule has 1 aliphatic heterocycles. The molecule has 2 N–H and O–H groups in total. The van der Waals surface area contributed by atoms with Gasteiger partial charge in [-0.15, -0.1) is 5.10 Å². The second kappa shape index (κ2) is 7.01. The van der Waals surface area contributed by atoms with Crippen molar-refractivity contribution in [1.29, 1.82) is 0 Å². The van der Waals surface area contributed by atoms with E-state index in [1.165, 1.54) is 0 Å². The zero-order chi connectivity index (χ0) is 21.9. The number of piperidine rings is 1. The highest BCUT2D eigenvalue weighted by atomic mass is 16.2. The summed E-state index contributed by atoms with van der Waals surface area (Å²) in [6, 6.07) is 6.53. The first-order chi connectivity index (χ1) is 15.5. The quantitative estimate of drug-likeness (QED) is 0.518. The van der Waals surface area contributed by atoms with Crippen LogP contribution < -0.4 is 5.32 Å². The van der Waals surface area contributed by atoms with Crippen LogP contribution in [0.4, 0.5) is 5.95 Å². The Morgan fingerprint density at radius 1 is 1.25 bits per heavy atom. The van der Waals surface area contributed by atoms with Crippen LogP contribution in [0.1, 0.15) is 32.6 Å². The maximum absolute atomic E-state index is 11.6. The number of hydrogen-bond acceptors (Lipinski definition) is 6. The third-order valence-electron chi connectivity index (χ3n) is 7.32. The Labute approximate surface area is 185 Å². The summed E-state index contributed by atoms with van der Waals surface area (Å²) in [5.74, 6) is 0.857. The van der Waals surface area contributed by atoms with Crippen molar-refractivity contribution in [2.24, 2.45) is 12.5 Å². The van der Waals surface area contributed by atoms with Gasteiger partial charge in [0.1, 0.15) is 11.2 Å². The monoisotopic (exact) mass is 430 g/mol. The van der Waals surface area contributed by atoms with Crippen LogP contribution >= 0.6 is 0 Å². The van der Waals surface area contributed by atoms with Crippen molar-refractivity contribution in [3.05, 3.63) is 30.6 Å². The number of hydrogen-bond donors (Lipinski definition) is 2. The van der Waals surface area contributed by atoms with E-state index in [-0.39, 0.29) is 5.91 Å². The molecule has 1 amide bonds. The van der Waals surface area contributed by atoms with E-state index in [9.17, 15) is 4.79 Å². The van der Waals surface area contributed by atoms with E-state index >= 15 is 0 Å². The number of aromatic nitrogens is 6. The predicted molar refractivity (Wildman–Crippen MR) is 122 cm³/mol. The minimum absolute atomic E-state index is 0.192. The number of carbonyl (C=O) groups is 1. The molecule has 32 heavy (non-hydrogen) atoms. The molecule has 0 atom stereocenters. The summed E-state index contributed by atoms with van der Waals surface area (Å²) in [7, 11) is 1.90. The van der Waals surface area contributed by atoms with E-state index in [1.54, 1.807) is 11.6 Å². The summed E-state index contributed by atoms with van der Waals surface area (Å²) >= 11 is 0. The highest BCUT2D eigenvalue weighted by molar-refractivity contribution is 5.95. The first-order valence-corrected chi connectivity index (χ1v) is 11.2. The summed E-state index contributed by atoms with van der Waals surface area (Å²) < 4.78 is 1.78. The van der Waals surface area contributed by atoms with E-state index in [2.05, 4.69) is 37.7 Å². The van der Waals surface area contributed by atoms with Crippen molar-refractivity contribution in [2.45, 2.75) is 38.6 Å². The van der Waals surface area contributed by atoms with Crippen molar-refractivity contribution in [3.8, 4) is 11.1 Å². The number of rotatable bonds is 3. The van der Waals surface area contributed by atoms with E-state index in [4.69, 9.17) is 4.98 Å². The van der Waals surface area contributed by atoms with Gasteiger partial charge in [-0.25, -0.2) is 9.67 Å². The van der Waals surface area contributed by atoms with Crippen molar-refractivity contribution in [2.75, 3.05) is 18.4 Å². The number of H-pyrrole nitrogens is 1. The molecular formula is C23H26N8O. The largest absolute Gasteiger partial charge is 0.351 e. The summed E-state index contributed by atoms with van der Waals surface area (Å²) in [4.78, 5) is 26.2. The smallest absolute Gasteiger partial charge is 0.224 e. The second-order valence-corrected chi connectivity index (χ2v) is 9.33. The van der Waals surface area contributed by atoms with Gasteiger partial charge < -0.3 is 15.2 Å². The van der Waals surface area contributed by atoms with E-state index in [0.717, 1.165) is 72.0 Å². The Balaban J connectivity index is 1.16. The van der Waals surface area contributed by atoms with Gasteiger partial charge in [-0.1, -0.05) is 11.3 Å². The number of nitrogens with zero attached hydrogens (tertiary/aromatic N) is 6. The van der Waals surface area contributed by atoms with Gasteiger partial charge in [-0.2, -0.15) is 4.98 Å². The Kier molecular flexibility index (Phi) is 4.21. The molecule has 1 aromatic carbocycles. The average Bonchev–Trinajstić information content (AvgIpc) is 3.36. The number of nitrogens with one attached hydrogen (secondary N) is 2. The molecule has 0 unspecified atom stereocenters. The normalized spacial score (nSPS) is 18.4. The van der Waals surface area contributed by atoms with Crippen LogP contribution in [0.5, 0.6) is 0 Å². The van der Waals surface area contributed by atoms with Crippen molar-refractivity contribution in [1.82, 2.24) is 34.8 Å². The van der Waals surface area contributed by atoms with Gasteiger partial charge in [0.2, 0.25) is 11.9 Å². The number of likely N-dealkylation sites (tertiary alicyclic amines) is 1. The first kappa shape index (κ1) is 19.2. The van der Waals surface area contributed by atoms with Crippen LogP contribution in [0.25, 0.3) is 33.2 Å². The topological polar surface area (TPSA) is 105 Å². The fourth-order valence-electron chi connectivity index (χ4n) is 5.39. The maximum Gasteiger partial charge on any atom is 0.224 e. The molecule has 9 nitrogen and oxygen atoms in total. The van der Waals surface area contributed by atoms with Crippen LogP contribution in [0.15, 0.2) is 30.6 Å². The van der Waals surface area contributed by atoms with Crippen LogP contribution in [0, 0.1) is 5.41 Å². The number of fused-ring (bicyclic) bond motifs is 2. The van der Waals surface area contributed by atoms with Gasteiger partial charge in [0.05, 0.1) is 5.52 Å². The van der Waals surface area contributed by atoms with E-state index in [0.29, 0.717) is 17.4 Å². The molecule has 1 saturated heterocycles. The molecule has 1 aliphatic carbocycles. The fraction of sp³-hybridized carbons (Fsp3) is 0.435. The molecular weight excluding hydrogens is 404 g/mol. The highest BCUT2D eigenvalue weighted by Crippen LogP contribution is 2.49. The Hall–Kier alpha value is -3.49.